The Balaban J connectivity index is 2.01. The number of Topliss-reactive ketones (excluding diaryl/α,β-unsaturated/α-hetero) is 1. The summed E-state index contributed by atoms with van der Waals surface area (Å²) in [5, 5.41) is 5.39. The molecule has 1 aromatic heterocycles. The van der Waals surface area contributed by atoms with Gasteiger partial charge in [0, 0.05) is 11.3 Å². The number of nitrogens with one attached hydrogen (secondary N) is 2. The standard InChI is InChI=1S/C15H14BrN3O2/c1-9-7-13(8-17-14(9)16)19-15(21)18-12-5-3-11(4-6-12)10(2)20/h3-8H,1-2H3,(H2,18,19,21). The number of aromatic nitrogens is 1. The molecule has 0 aliphatic rings. The Morgan fingerprint density at radius 2 is 1.71 bits per heavy atom. The summed E-state index contributed by atoms with van der Waals surface area (Å²) in [7, 11) is 0. The molecule has 2 N–H and O–H groups in total. The Labute approximate surface area is 130 Å². The van der Waals surface area contributed by atoms with Gasteiger partial charge in [-0.15, -0.1) is 0 Å². The number of carbonyl (C=O) groups is 2. The second-order valence-corrected chi connectivity index (χ2v) is 5.30. The van der Waals surface area contributed by atoms with Crippen molar-refractivity contribution in [2.75, 3.05) is 10.6 Å². The second kappa shape index (κ2) is 6.49. The number of nitrogens with zero attached hydrogens (tertiary/aromatic N) is 1. The lowest BCUT2D eigenvalue weighted by molar-refractivity contribution is 0.101. The second-order valence-electron chi connectivity index (χ2n) is 4.54. The van der Waals surface area contributed by atoms with Crippen LogP contribution in [0.2, 0.25) is 0 Å². The van der Waals surface area contributed by atoms with Crippen molar-refractivity contribution in [3.63, 3.8) is 0 Å². The van der Waals surface area contributed by atoms with Crippen LogP contribution in [0.4, 0.5) is 16.2 Å². The van der Waals surface area contributed by atoms with E-state index in [1.165, 1.54) is 6.92 Å². The molecule has 0 spiro atoms. The highest BCUT2D eigenvalue weighted by Gasteiger charge is 2.05. The van der Waals surface area contributed by atoms with Crippen LogP contribution in [-0.4, -0.2) is 16.8 Å². The molecule has 6 heteroatoms. The summed E-state index contributed by atoms with van der Waals surface area (Å²) in [5.74, 6) is -0.0117. The van der Waals surface area contributed by atoms with E-state index in [9.17, 15) is 9.59 Å². The smallest absolute Gasteiger partial charge is 0.308 e. The molecule has 5 nitrogen and oxygen atoms in total. The number of aryl methyl sites for hydroxylation is 1. The van der Waals surface area contributed by atoms with Gasteiger partial charge < -0.3 is 10.6 Å². The summed E-state index contributed by atoms with van der Waals surface area (Å²) < 4.78 is 0.744. The number of pyridine rings is 1. The maximum atomic E-state index is 11.9. The highest BCUT2D eigenvalue weighted by molar-refractivity contribution is 9.10. The molecule has 108 valence electrons. The molecule has 0 atom stereocenters. The fraction of sp³-hybridized carbons (Fsp3) is 0.133. The van der Waals surface area contributed by atoms with E-state index in [2.05, 4.69) is 31.5 Å². The van der Waals surface area contributed by atoms with Crippen LogP contribution in [0, 0.1) is 6.92 Å². The Bertz CT molecular complexity index is 684. The van der Waals surface area contributed by atoms with Gasteiger partial charge in [0.1, 0.15) is 4.60 Å². The van der Waals surface area contributed by atoms with Gasteiger partial charge in [-0.3, -0.25) is 4.79 Å². The van der Waals surface area contributed by atoms with E-state index in [1.807, 2.05) is 13.0 Å². The maximum Gasteiger partial charge on any atom is 0.323 e. The van der Waals surface area contributed by atoms with Crippen molar-refractivity contribution in [3.8, 4) is 0 Å². The van der Waals surface area contributed by atoms with Crippen LogP contribution in [0.15, 0.2) is 41.1 Å². The SMILES string of the molecule is CC(=O)c1ccc(NC(=O)Nc2cnc(Br)c(C)c2)cc1. The molecule has 2 amide bonds. The largest absolute Gasteiger partial charge is 0.323 e. The summed E-state index contributed by atoms with van der Waals surface area (Å²) in [4.78, 5) is 27.1. The minimum absolute atomic E-state index is 0.0117. The van der Waals surface area contributed by atoms with Crippen LogP contribution < -0.4 is 10.6 Å². The topological polar surface area (TPSA) is 71.1 Å². The average Bonchev–Trinajstić information content (AvgIpc) is 2.43. The lowest BCUT2D eigenvalue weighted by Crippen LogP contribution is -2.19. The number of anilines is 2. The monoisotopic (exact) mass is 347 g/mol. The highest BCUT2D eigenvalue weighted by Crippen LogP contribution is 2.17. The Kier molecular flexibility index (Phi) is 4.70. The number of hydrogen-bond donors (Lipinski definition) is 2. The van der Waals surface area contributed by atoms with E-state index in [4.69, 9.17) is 0 Å². The van der Waals surface area contributed by atoms with Crippen LogP contribution in [0.3, 0.4) is 0 Å². The number of hydrogen-bond acceptors (Lipinski definition) is 3. The van der Waals surface area contributed by atoms with Gasteiger partial charge >= 0.3 is 6.03 Å². The molecular formula is C15H14BrN3O2. The minimum atomic E-state index is -0.367. The van der Waals surface area contributed by atoms with Crippen molar-refractivity contribution in [2.45, 2.75) is 13.8 Å². The minimum Gasteiger partial charge on any atom is -0.308 e. The van der Waals surface area contributed by atoms with Crippen LogP contribution in [-0.2, 0) is 0 Å². The third-order valence-electron chi connectivity index (χ3n) is 2.82. The van der Waals surface area contributed by atoms with Gasteiger partial charge in [-0.1, -0.05) is 0 Å². The number of rotatable bonds is 3. The highest BCUT2D eigenvalue weighted by atomic mass is 79.9. The summed E-state index contributed by atoms with van der Waals surface area (Å²) in [6.45, 7) is 3.39. The van der Waals surface area contributed by atoms with Gasteiger partial charge in [0.05, 0.1) is 11.9 Å². The average molecular weight is 348 g/mol. The first kappa shape index (κ1) is 15.2. The first-order valence-electron chi connectivity index (χ1n) is 6.27. The molecule has 21 heavy (non-hydrogen) atoms. The summed E-state index contributed by atoms with van der Waals surface area (Å²) >= 11 is 3.30. The fourth-order valence-corrected chi connectivity index (χ4v) is 1.93. The predicted molar refractivity (Wildman–Crippen MR) is 85.8 cm³/mol. The Hall–Kier alpha value is -2.21. The molecule has 0 saturated carbocycles. The summed E-state index contributed by atoms with van der Waals surface area (Å²) in [6.07, 6.45) is 1.56. The van der Waals surface area contributed by atoms with Crippen molar-refractivity contribution in [3.05, 3.63) is 52.3 Å². The van der Waals surface area contributed by atoms with E-state index in [0.717, 1.165) is 10.2 Å². The molecular weight excluding hydrogens is 334 g/mol. The summed E-state index contributed by atoms with van der Waals surface area (Å²) in [6, 6.07) is 8.15. The summed E-state index contributed by atoms with van der Waals surface area (Å²) in [5.41, 5.74) is 2.75. The van der Waals surface area contributed by atoms with Crippen LogP contribution in [0.5, 0.6) is 0 Å². The van der Waals surface area contributed by atoms with Crippen molar-refractivity contribution in [2.24, 2.45) is 0 Å². The van der Waals surface area contributed by atoms with Crippen LogP contribution >= 0.6 is 15.9 Å². The molecule has 1 aromatic carbocycles. The maximum absolute atomic E-state index is 11.9. The number of ketones is 1. The predicted octanol–water partition coefficient (Wildman–Crippen LogP) is 4.00. The van der Waals surface area contributed by atoms with Crippen molar-refractivity contribution >= 4 is 39.1 Å². The van der Waals surface area contributed by atoms with Crippen LogP contribution in [0.25, 0.3) is 0 Å². The van der Waals surface area contributed by atoms with Gasteiger partial charge in [-0.25, -0.2) is 9.78 Å². The zero-order valence-corrected chi connectivity index (χ0v) is 13.2. The molecule has 0 bridgehead atoms. The normalized spacial score (nSPS) is 10.0. The molecule has 2 aromatic rings. The Morgan fingerprint density at radius 3 is 2.29 bits per heavy atom. The van der Waals surface area contributed by atoms with E-state index < -0.39 is 0 Å². The van der Waals surface area contributed by atoms with Gasteiger partial charge in [-0.2, -0.15) is 0 Å². The van der Waals surface area contributed by atoms with E-state index in [1.54, 1.807) is 30.5 Å². The quantitative estimate of drug-likeness (QED) is 0.651. The van der Waals surface area contributed by atoms with Gasteiger partial charge in [-0.05, 0) is 65.7 Å². The number of carbonyl (C=O) groups excluding carboxylic acids is 2. The number of benzene rings is 1. The van der Waals surface area contributed by atoms with Gasteiger partial charge in [0.15, 0.2) is 5.78 Å². The molecule has 0 unspecified atom stereocenters. The van der Waals surface area contributed by atoms with E-state index in [0.29, 0.717) is 16.9 Å². The third-order valence-corrected chi connectivity index (χ3v) is 3.65. The molecule has 2 rings (SSSR count). The number of urea groups is 1. The van der Waals surface area contributed by atoms with E-state index >= 15 is 0 Å². The van der Waals surface area contributed by atoms with Crippen molar-refractivity contribution in [1.82, 2.24) is 4.98 Å². The Morgan fingerprint density at radius 1 is 1.10 bits per heavy atom. The molecule has 0 saturated heterocycles. The number of halogens is 1. The molecule has 0 aliphatic carbocycles. The lowest BCUT2D eigenvalue weighted by Gasteiger charge is -2.08. The molecule has 0 aliphatic heterocycles. The third kappa shape index (κ3) is 4.13. The van der Waals surface area contributed by atoms with Crippen LogP contribution in [0.1, 0.15) is 22.8 Å². The van der Waals surface area contributed by atoms with Crippen molar-refractivity contribution in [1.29, 1.82) is 0 Å². The first-order valence-corrected chi connectivity index (χ1v) is 7.06. The first-order chi connectivity index (χ1) is 9.95. The molecule has 0 fully saturated rings. The fourth-order valence-electron chi connectivity index (χ4n) is 1.71. The lowest BCUT2D eigenvalue weighted by atomic mass is 10.1. The van der Waals surface area contributed by atoms with E-state index in [-0.39, 0.29) is 11.8 Å². The van der Waals surface area contributed by atoms with Crippen molar-refractivity contribution < 1.29 is 9.59 Å². The zero-order valence-electron chi connectivity index (χ0n) is 11.6. The number of amides is 2. The van der Waals surface area contributed by atoms with Gasteiger partial charge in [0.2, 0.25) is 0 Å². The van der Waals surface area contributed by atoms with Gasteiger partial charge in [0.25, 0.3) is 0 Å². The zero-order chi connectivity index (χ0) is 15.4. The molecule has 0 radical (unpaired) electrons. The molecule has 1 heterocycles.